The number of nitrogens with zero attached hydrogens (tertiary/aromatic N) is 1. The van der Waals surface area contributed by atoms with Crippen molar-refractivity contribution in [1.29, 1.82) is 0 Å². The topological polar surface area (TPSA) is 3.88 Å². The molecule has 0 aliphatic heterocycles. The van der Waals surface area contributed by atoms with Gasteiger partial charge in [0, 0.05) is 6.07 Å². The van der Waals surface area contributed by atoms with Crippen molar-refractivity contribution in [3.63, 3.8) is 0 Å². The molecule has 1 heterocycles. The summed E-state index contributed by atoms with van der Waals surface area (Å²) in [4.78, 5) is 0. The fourth-order valence-corrected chi connectivity index (χ4v) is 4.04. The number of pyridine rings is 1. The van der Waals surface area contributed by atoms with E-state index in [1.54, 1.807) is 0 Å². The zero-order chi connectivity index (χ0) is 19.7. The maximum Gasteiger partial charge on any atom is 0.220 e. The summed E-state index contributed by atoms with van der Waals surface area (Å²) in [6.45, 7) is 6.76. The van der Waals surface area contributed by atoms with Crippen molar-refractivity contribution in [2.75, 3.05) is 0 Å². The van der Waals surface area contributed by atoms with Gasteiger partial charge in [-0.2, -0.15) is 0 Å². The van der Waals surface area contributed by atoms with Gasteiger partial charge < -0.3 is 0 Å². The van der Waals surface area contributed by atoms with Crippen LogP contribution in [0.4, 0.5) is 0 Å². The number of hydrogen-bond acceptors (Lipinski definition) is 0. The summed E-state index contributed by atoms with van der Waals surface area (Å²) in [6.07, 6.45) is 3.31. The van der Waals surface area contributed by atoms with Crippen LogP contribution in [0, 0.1) is 12.8 Å². The third kappa shape index (κ3) is 3.57. The molecular weight excluding hydrogens is 338 g/mol. The second-order valence-corrected chi connectivity index (χ2v) is 8.19. The zero-order valence-corrected chi connectivity index (χ0v) is 17.2. The lowest BCUT2D eigenvalue weighted by Gasteiger charge is -2.12. The molecule has 4 aromatic rings. The largest absolute Gasteiger partial charge is 0.220 e. The van der Waals surface area contributed by atoms with Crippen molar-refractivity contribution < 1.29 is 4.57 Å². The monoisotopic (exact) mass is 366 g/mol. The van der Waals surface area contributed by atoms with Crippen LogP contribution < -0.4 is 4.57 Å². The van der Waals surface area contributed by atoms with E-state index in [-0.39, 0.29) is 0 Å². The number of aromatic nitrogens is 1. The molecule has 0 atom stereocenters. The average molecular weight is 367 g/mol. The van der Waals surface area contributed by atoms with Crippen molar-refractivity contribution in [2.45, 2.75) is 27.2 Å². The molecule has 0 aliphatic rings. The van der Waals surface area contributed by atoms with Gasteiger partial charge in [0.05, 0.1) is 10.9 Å². The van der Waals surface area contributed by atoms with Crippen LogP contribution in [0.3, 0.4) is 0 Å². The van der Waals surface area contributed by atoms with Crippen LogP contribution in [0.5, 0.6) is 0 Å². The van der Waals surface area contributed by atoms with E-state index in [0.717, 1.165) is 6.42 Å². The summed E-state index contributed by atoms with van der Waals surface area (Å²) >= 11 is 0. The van der Waals surface area contributed by atoms with E-state index in [9.17, 15) is 0 Å². The number of aryl methyl sites for hydroxylation is 2. The highest BCUT2D eigenvalue weighted by Gasteiger charge is 2.18. The van der Waals surface area contributed by atoms with E-state index in [2.05, 4.69) is 111 Å². The second-order valence-electron chi connectivity index (χ2n) is 8.19. The summed E-state index contributed by atoms with van der Waals surface area (Å²) in [6, 6.07) is 26.6. The number of fused-ring (bicyclic) bond motifs is 1. The van der Waals surface area contributed by atoms with E-state index in [1.165, 1.54) is 44.3 Å². The maximum atomic E-state index is 2.36. The van der Waals surface area contributed by atoms with Crippen molar-refractivity contribution in [3.05, 3.63) is 90.1 Å². The molecule has 0 bridgehead atoms. The van der Waals surface area contributed by atoms with Crippen LogP contribution >= 0.6 is 0 Å². The molecule has 0 aliphatic carbocycles. The van der Waals surface area contributed by atoms with Crippen molar-refractivity contribution in [2.24, 2.45) is 13.0 Å². The second kappa shape index (κ2) is 7.59. The fraction of sp³-hybridized carbons (Fsp3) is 0.222. The lowest BCUT2D eigenvalue weighted by Crippen LogP contribution is -2.30. The predicted molar refractivity (Wildman–Crippen MR) is 119 cm³/mol. The average Bonchev–Trinajstić information content (AvgIpc) is 2.69. The molecule has 0 N–H and O–H groups in total. The van der Waals surface area contributed by atoms with Gasteiger partial charge in [-0.15, -0.1) is 0 Å². The Morgan fingerprint density at radius 2 is 1.61 bits per heavy atom. The van der Waals surface area contributed by atoms with Gasteiger partial charge in [0.2, 0.25) is 5.69 Å². The Bertz CT molecular complexity index is 1120. The van der Waals surface area contributed by atoms with Gasteiger partial charge >= 0.3 is 0 Å². The van der Waals surface area contributed by atoms with E-state index in [0.29, 0.717) is 5.92 Å². The minimum atomic E-state index is 0.668. The Morgan fingerprint density at radius 3 is 2.36 bits per heavy atom. The molecule has 3 aromatic carbocycles. The Kier molecular flexibility index (Phi) is 5.00. The first kappa shape index (κ1) is 18.4. The molecule has 0 saturated heterocycles. The molecule has 0 radical (unpaired) electrons. The van der Waals surface area contributed by atoms with E-state index in [4.69, 9.17) is 0 Å². The Hall–Kier alpha value is -2.93. The predicted octanol–water partition coefficient (Wildman–Crippen LogP) is 6.51. The number of hydrogen-bond donors (Lipinski definition) is 0. The Morgan fingerprint density at radius 1 is 0.821 bits per heavy atom. The zero-order valence-electron chi connectivity index (χ0n) is 17.2. The quantitative estimate of drug-likeness (QED) is 0.363. The molecular formula is C27H28N+. The lowest BCUT2D eigenvalue weighted by atomic mass is 9.93. The summed E-state index contributed by atoms with van der Waals surface area (Å²) in [5.74, 6) is 0.668. The minimum absolute atomic E-state index is 0.668. The van der Waals surface area contributed by atoms with E-state index in [1.807, 2.05) is 0 Å². The third-order valence-electron chi connectivity index (χ3n) is 5.45. The first-order chi connectivity index (χ1) is 13.5. The van der Waals surface area contributed by atoms with Gasteiger partial charge in [-0.05, 0) is 59.0 Å². The summed E-state index contributed by atoms with van der Waals surface area (Å²) < 4.78 is 2.25. The van der Waals surface area contributed by atoms with Crippen LogP contribution in [-0.4, -0.2) is 0 Å². The van der Waals surface area contributed by atoms with Gasteiger partial charge in [-0.25, -0.2) is 4.57 Å². The summed E-state index contributed by atoms with van der Waals surface area (Å²) in [5.41, 5.74) is 7.81. The van der Waals surface area contributed by atoms with Crippen molar-refractivity contribution in [1.82, 2.24) is 0 Å². The van der Waals surface area contributed by atoms with Gasteiger partial charge in [0.25, 0.3) is 0 Å². The van der Waals surface area contributed by atoms with Gasteiger partial charge in [-0.1, -0.05) is 68.4 Å². The van der Waals surface area contributed by atoms with Crippen LogP contribution in [0.15, 0.2) is 79.0 Å². The third-order valence-corrected chi connectivity index (χ3v) is 5.45. The van der Waals surface area contributed by atoms with Crippen LogP contribution in [-0.2, 0) is 13.5 Å². The van der Waals surface area contributed by atoms with Crippen LogP contribution in [0.2, 0.25) is 0 Å². The molecule has 0 fully saturated rings. The highest BCUT2D eigenvalue weighted by atomic mass is 14.9. The van der Waals surface area contributed by atoms with E-state index < -0.39 is 0 Å². The smallest absolute Gasteiger partial charge is 0.200 e. The molecule has 1 aromatic heterocycles. The Balaban J connectivity index is 1.90. The molecule has 0 saturated carbocycles. The van der Waals surface area contributed by atoms with Gasteiger partial charge in [-0.3, -0.25) is 0 Å². The molecule has 1 heteroatoms. The highest BCUT2D eigenvalue weighted by Crippen LogP contribution is 2.32. The van der Waals surface area contributed by atoms with Gasteiger partial charge in [0.15, 0.2) is 6.20 Å². The fourth-order valence-electron chi connectivity index (χ4n) is 4.04. The first-order valence-corrected chi connectivity index (χ1v) is 10.1. The highest BCUT2D eigenvalue weighted by molar-refractivity contribution is 5.94. The minimum Gasteiger partial charge on any atom is -0.200 e. The number of benzene rings is 3. The standard InChI is InChI=1S/C27H28N/c1-19(2)16-21-11-13-25-24(17-21)14-15-28(4)27(25)26-18-23(12-10-20(26)3)22-8-6-5-7-9-22/h5-15,17-19H,16H2,1-4H3/q+1. The summed E-state index contributed by atoms with van der Waals surface area (Å²) in [7, 11) is 2.14. The molecule has 0 unspecified atom stereocenters. The summed E-state index contributed by atoms with van der Waals surface area (Å²) in [5, 5.41) is 2.63. The van der Waals surface area contributed by atoms with Crippen LogP contribution in [0.1, 0.15) is 25.0 Å². The van der Waals surface area contributed by atoms with Crippen molar-refractivity contribution in [3.8, 4) is 22.4 Å². The molecule has 0 spiro atoms. The molecule has 140 valence electrons. The van der Waals surface area contributed by atoms with Crippen LogP contribution in [0.25, 0.3) is 33.2 Å². The SMILES string of the molecule is Cc1ccc(-c2ccccc2)cc1-c1c2ccc(CC(C)C)cc2cc[n+]1C. The van der Waals surface area contributed by atoms with Gasteiger partial charge in [0.1, 0.15) is 7.05 Å². The normalized spacial score (nSPS) is 11.3. The van der Waals surface area contributed by atoms with E-state index >= 15 is 0 Å². The molecule has 28 heavy (non-hydrogen) atoms. The molecule has 4 rings (SSSR count). The Labute approximate surface area is 168 Å². The first-order valence-electron chi connectivity index (χ1n) is 10.1. The lowest BCUT2D eigenvalue weighted by molar-refractivity contribution is -0.659. The number of rotatable bonds is 4. The molecule has 1 nitrogen and oxygen atoms in total. The maximum absolute atomic E-state index is 2.36. The van der Waals surface area contributed by atoms with Crippen molar-refractivity contribution >= 4 is 10.8 Å². The molecule has 0 amide bonds.